The summed E-state index contributed by atoms with van der Waals surface area (Å²) in [6.45, 7) is 4.29. The van der Waals surface area contributed by atoms with E-state index in [1.165, 1.54) is 0 Å². The number of ether oxygens (including phenoxy) is 1. The van der Waals surface area contributed by atoms with Crippen molar-refractivity contribution in [2.75, 3.05) is 32.8 Å². The molecule has 1 fully saturated rings. The molecule has 6 nitrogen and oxygen atoms in total. The molecule has 6 heteroatoms. The van der Waals surface area contributed by atoms with Gasteiger partial charge >= 0.3 is 0 Å². The molecule has 92 valence electrons. The fourth-order valence-electron chi connectivity index (χ4n) is 1.71. The summed E-state index contributed by atoms with van der Waals surface area (Å²) in [5.41, 5.74) is 4.89. The molecule has 0 bridgehead atoms. The van der Waals surface area contributed by atoms with Gasteiger partial charge in [0.15, 0.2) is 0 Å². The Morgan fingerprint density at radius 3 is 2.81 bits per heavy atom. The molecule has 0 aromatic carbocycles. The highest BCUT2D eigenvalue weighted by molar-refractivity contribution is 5.79. The third kappa shape index (κ3) is 4.16. The van der Waals surface area contributed by atoms with E-state index >= 15 is 0 Å². The lowest BCUT2D eigenvalue weighted by Crippen LogP contribution is -2.36. The van der Waals surface area contributed by atoms with E-state index in [0.29, 0.717) is 19.1 Å². The first-order valence-corrected chi connectivity index (χ1v) is 5.45. The Kier molecular flexibility index (Phi) is 5.21. The highest BCUT2D eigenvalue weighted by Gasteiger charge is 2.28. The molecule has 1 rings (SSSR count). The molecule has 1 aliphatic heterocycles. The number of hydrogen-bond acceptors (Lipinski definition) is 4. The second kappa shape index (κ2) is 6.44. The monoisotopic (exact) mass is 229 g/mol. The largest absolute Gasteiger partial charge is 0.370 e. The molecule has 2 atom stereocenters. The average Bonchev–Trinajstić information content (AvgIpc) is 2.63. The Balaban J connectivity index is 2.08. The lowest BCUT2D eigenvalue weighted by Gasteiger charge is -2.13. The van der Waals surface area contributed by atoms with Crippen molar-refractivity contribution in [2.24, 2.45) is 17.6 Å². The van der Waals surface area contributed by atoms with Crippen molar-refractivity contribution >= 4 is 11.8 Å². The van der Waals surface area contributed by atoms with E-state index in [1.807, 2.05) is 6.92 Å². The van der Waals surface area contributed by atoms with Crippen LogP contribution in [0.15, 0.2) is 0 Å². The molecule has 1 aliphatic rings. The average molecular weight is 229 g/mol. The summed E-state index contributed by atoms with van der Waals surface area (Å²) in [5, 5.41) is 5.94. The summed E-state index contributed by atoms with van der Waals surface area (Å²) in [4.78, 5) is 22.0. The number of rotatable bonds is 6. The lowest BCUT2D eigenvalue weighted by molar-refractivity contribution is -0.125. The van der Waals surface area contributed by atoms with Gasteiger partial charge in [0.25, 0.3) is 0 Å². The Labute approximate surface area is 94.9 Å². The minimum Gasteiger partial charge on any atom is -0.370 e. The predicted octanol–water partition coefficient (Wildman–Crippen LogP) is -1.54. The molecule has 2 unspecified atom stereocenters. The van der Waals surface area contributed by atoms with Crippen molar-refractivity contribution in [3.05, 3.63) is 0 Å². The van der Waals surface area contributed by atoms with Gasteiger partial charge < -0.3 is 21.1 Å². The normalized spacial score (nSPS) is 24.3. The van der Waals surface area contributed by atoms with Crippen molar-refractivity contribution < 1.29 is 14.3 Å². The third-order valence-corrected chi connectivity index (χ3v) is 2.64. The summed E-state index contributed by atoms with van der Waals surface area (Å²) in [6.07, 6.45) is 0. The number of amides is 2. The number of hydrogen-bond donors (Lipinski definition) is 3. The maximum absolute atomic E-state index is 11.7. The molecule has 0 aromatic rings. The first-order chi connectivity index (χ1) is 7.61. The van der Waals surface area contributed by atoms with Gasteiger partial charge in [-0.3, -0.25) is 9.59 Å². The molecule has 1 saturated heterocycles. The Morgan fingerprint density at radius 1 is 1.50 bits per heavy atom. The van der Waals surface area contributed by atoms with Gasteiger partial charge in [-0.2, -0.15) is 0 Å². The fourth-order valence-corrected chi connectivity index (χ4v) is 1.71. The van der Waals surface area contributed by atoms with Crippen LogP contribution in [0.3, 0.4) is 0 Å². The van der Waals surface area contributed by atoms with Gasteiger partial charge in [-0.15, -0.1) is 0 Å². The Hall–Kier alpha value is -1.14. The number of primary amides is 1. The van der Waals surface area contributed by atoms with E-state index in [4.69, 9.17) is 10.5 Å². The highest BCUT2D eigenvalue weighted by atomic mass is 16.5. The fraction of sp³-hybridized carbons (Fsp3) is 0.800. The number of carbonyl (C=O) groups excluding carboxylic acids is 2. The zero-order chi connectivity index (χ0) is 12.0. The van der Waals surface area contributed by atoms with Crippen LogP contribution in [0.4, 0.5) is 0 Å². The first kappa shape index (κ1) is 12.9. The van der Waals surface area contributed by atoms with E-state index in [1.54, 1.807) is 0 Å². The summed E-state index contributed by atoms with van der Waals surface area (Å²) >= 11 is 0. The van der Waals surface area contributed by atoms with Crippen molar-refractivity contribution in [3.63, 3.8) is 0 Å². The van der Waals surface area contributed by atoms with Crippen molar-refractivity contribution in [2.45, 2.75) is 6.92 Å². The molecule has 0 saturated carbocycles. The van der Waals surface area contributed by atoms with Crippen molar-refractivity contribution in [1.82, 2.24) is 10.6 Å². The molecule has 2 amide bonds. The van der Waals surface area contributed by atoms with Crippen LogP contribution in [0.2, 0.25) is 0 Å². The van der Waals surface area contributed by atoms with Crippen LogP contribution in [0.25, 0.3) is 0 Å². The summed E-state index contributed by atoms with van der Waals surface area (Å²) in [7, 11) is 0. The zero-order valence-electron chi connectivity index (χ0n) is 9.49. The van der Waals surface area contributed by atoms with Crippen LogP contribution in [0, 0.1) is 11.8 Å². The molecule has 0 spiro atoms. The summed E-state index contributed by atoms with van der Waals surface area (Å²) in [6, 6.07) is 0. The van der Waals surface area contributed by atoms with Gasteiger partial charge in [0.2, 0.25) is 11.8 Å². The van der Waals surface area contributed by atoms with Crippen LogP contribution in [0.5, 0.6) is 0 Å². The molecule has 4 N–H and O–H groups in total. The van der Waals surface area contributed by atoms with Gasteiger partial charge in [0.05, 0.1) is 12.5 Å². The van der Waals surface area contributed by atoms with Crippen molar-refractivity contribution in [3.8, 4) is 0 Å². The molecular weight excluding hydrogens is 210 g/mol. The summed E-state index contributed by atoms with van der Waals surface area (Å²) < 4.78 is 4.93. The maximum Gasteiger partial charge on any atom is 0.243 e. The number of nitrogens with two attached hydrogens (primary N) is 1. The minimum absolute atomic E-state index is 0.0381. The molecule has 0 aliphatic carbocycles. The van der Waals surface area contributed by atoms with Crippen LogP contribution in [0.1, 0.15) is 6.92 Å². The van der Waals surface area contributed by atoms with Gasteiger partial charge in [-0.05, 0) is 12.5 Å². The van der Waals surface area contributed by atoms with Gasteiger partial charge in [0, 0.05) is 13.1 Å². The molecule has 16 heavy (non-hydrogen) atoms. The maximum atomic E-state index is 11.7. The van der Waals surface area contributed by atoms with Gasteiger partial charge in [-0.25, -0.2) is 0 Å². The van der Waals surface area contributed by atoms with Crippen LogP contribution in [-0.4, -0.2) is 44.7 Å². The quantitative estimate of drug-likeness (QED) is 0.481. The van der Waals surface area contributed by atoms with E-state index < -0.39 is 5.91 Å². The Bertz CT molecular complexity index is 258. The molecule has 1 heterocycles. The Morgan fingerprint density at radius 2 is 2.25 bits per heavy atom. The highest BCUT2D eigenvalue weighted by Crippen LogP contribution is 2.15. The first-order valence-electron chi connectivity index (χ1n) is 5.45. The third-order valence-electron chi connectivity index (χ3n) is 2.64. The summed E-state index contributed by atoms with van der Waals surface area (Å²) in [5.74, 6) is -0.0530. The topological polar surface area (TPSA) is 93.4 Å². The van der Waals surface area contributed by atoms with Gasteiger partial charge in [0.1, 0.15) is 6.61 Å². The van der Waals surface area contributed by atoms with Gasteiger partial charge in [-0.1, -0.05) is 6.92 Å². The van der Waals surface area contributed by atoms with Crippen LogP contribution >= 0.6 is 0 Å². The zero-order valence-corrected chi connectivity index (χ0v) is 9.49. The predicted molar refractivity (Wildman–Crippen MR) is 58.5 cm³/mol. The van der Waals surface area contributed by atoms with Crippen LogP contribution in [-0.2, 0) is 14.3 Å². The second-order valence-corrected chi connectivity index (χ2v) is 4.05. The van der Waals surface area contributed by atoms with Crippen molar-refractivity contribution in [1.29, 1.82) is 0 Å². The number of carbonyl (C=O) groups is 2. The molecule has 0 aromatic heterocycles. The molecular formula is C10H19N3O3. The van der Waals surface area contributed by atoms with E-state index in [2.05, 4.69) is 10.6 Å². The molecule has 0 radical (unpaired) electrons. The van der Waals surface area contributed by atoms with E-state index in [-0.39, 0.29) is 18.4 Å². The second-order valence-electron chi connectivity index (χ2n) is 4.05. The van der Waals surface area contributed by atoms with E-state index in [0.717, 1.165) is 13.1 Å². The standard InChI is InChI=1S/C10H19N3O3/c1-7-4-12-5-8(7)10(15)13-2-3-16-6-9(11)14/h7-8,12H,2-6H2,1H3,(H2,11,14)(H,13,15). The van der Waals surface area contributed by atoms with E-state index in [9.17, 15) is 9.59 Å². The van der Waals surface area contributed by atoms with Crippen LogP contribution < -0.4 is 16.4 Å². The smallest absolute Gasteiger partial charge is 0.243 e. The minimum atomic E-state index is -0.500. The lowest BCUT2D eigenvalue weighted by atomic mass is 9.97. The number of nitrogens with one attached hydrogen (secondary N) is 2. The SMILES string of the molecule is CC1CNCC1C(=O)NCCOCC(N)=O.